The molecule has 0 saturated carbocycles. The summed E-state index contributed by atoms with van der Waals surface area (Å²) in [7, 11) is 0. The normalized spacial score (nSPS) is 10.8. The highest BCUT2D eigenvalue weighted by Crippen LogP contribution is 2.30. The average molecular weight is 371 g/mol. The van der Waals surface area contributed by atoms with E-state index in [-0.39, 0.29) is 5.69 Å². The zero-order chi connectivity index (χ0) is 15.2. The average Bonchev–Trinajstić information content (AvgIpc) is 2.92. The van der Waals surface area contributed by atoms with Crippen molar-refractivity contribution in [1.29, 1.82) is 0 Å². The van der Waals surface area contributed by atoms with E-state index < -0.39 is 4.92 Å². The summed E-state index contributed by atoms with van der Waals surface area (Å²) in [6.07, 6.45) is 1.86. The minimum Gasteiger partial charge on any atom is -0.317 e. The molecule has 0 bridgehead atoms. The topological polar surface area (TPSA) is 81.0 Å². The molecular weight excluding hydrogens is 356 g/mol. The fraction of sp³-hybridized carbons (Fsp3) is 0.385. The number of non-ortho nitro benzene ring substituents is 1. The van der Waals surface area contributed by atoms with Crippen molar-refractivity contribution in [2.75, 3.05) is 13.1 Å². The Morgan fingerprint density at radius 1 is 1.38 bits per heavy atom. The van der Waals surface area contributed by atoms with Gasteiger partial charge in [0.2, 0.25) is 0 Å². The summed E-state index contributed by atoms with van der Waals surface area (Å²) in [4.78, 5) is 10.5. The molecule has 0 atom stereocenters. The number of halogens is 1. The largest absolute Gasteiger partial charge is 0.317 e. The van der Waals surface area contributed by atoms with Crippen LogP contribution in [0.5, 0.6) is 0 Å². The maximum Gasteiger partial charge on any atom is 0.271 e. The molecule has 0 aliphatic rings. The molecule has 0 radical (unpaired) electrons. The highest BCUT2D eigenvalue weighted by molar-refractivity contribution is 9.10. The predicted octanol–water partition coefficient (Wildman–Crippen LogP) is 3.42. The fourth-order valence-corrected chi connectivity index (χ4v) is 3.17. The molecule has 1 N–H and O–H groups in total. The Bertz CT molecular complexity index is 632. The minimum atomic E-state index is -0.410. The van der Waals surface area contributed by atoms with E-state index in [0.717, 1.165) is 30.9 Å². The summed E-state index contributed by atoms with van der Waals surface area (Å²) in [6, 6.07) is 4.81. The second-order valence-electron chi connectivity index (χ2n) is 4.41. The number of benzene rings is 1. The van der Waals surface area contributed by atoms with Gasteiger partial charge in [-0.05, 0) is 25.6 Å². The van der Waals surface area contributed by atoms with E-state index >= 15 is 0 Å². The number of rotatable bonds is 7. The van der Waals surface area contributed by atoms with Gasteiger partial charge in [0.25, 0.3) is 5.69 Å². The first-order valence-corrected chi connectivity index (χ1v) is 8.19. The molecule has 8 heteroatoms. The van der Waals surface area contributed by atoms with Crippen molar-refractivity contribution in [2.24, 2.45) is 0 Å². The van der Waals surface area contributed by atoms with Crippen molar-refractivity contribution in [3.05, 3.63) is 37.8 Å². The lowest BCUT2D eigenvalue weighted by Gasteiger charge is -1.98. The molecule has 0 saturated heterocycles. The Balaban J connectivity index is 2.12. The number of hydrogen-bond donors (Lipinski definition) is 1. The first-order chi connectivity index (χ1) is 10.1. The molecule has 2 aromatic rings. The summed E-state index contributed by atoms with van der Waals surface area (Å²) in [5.74, 6) is 0. The molecule has 1 aromatic carbocycles. The molecule has 0 aliphatic carbocycles. The molecule has 0 amide bonds. The molecule has 0 spiro atoms. The fourth-order valence-electron chi connectivity index (χ4n) is 1.82. The maximum atomic E-state index is 10.9. The van der Waals surface area contributed by atoms with E-state index in [9.17, 15) is 10.1 Å². The van der Waals surface area contributed by atoms with Crippen molar-refractivity contribution in [1.82, 2.24) is 15.5 Å². The van der Waals surface area contributed by atoms with Gasteiger partial charge in [-0.1, -0.05) is 34.2 Å². The minimum absolute atomic E-state index is 0.0447. The van der Waals surface area contributed by atoms with Crippen LogP contribution >= 0.6 is 27.3 Å². The van der Waals surface area contributed by atoms with Gasteiger partial charge in [-0.2, -0.15) is 0 Å². The van der Waals surface area contributed by atoms with E-state index in [4.69, 9.17) is 0 Å². The molecule has 1 heterocycles. The predicted molar refractivity (Wildman–Crippen MR) is 86.6 cm³/mol. The van der Waals surface area contributed by atoms with E-state index in [0.29, 0.717) is 15.0 Å². The highest BCUT2D eigenvalue weighted by Gasteiger charge is 2.13. The van der Waals surface area contributed by atoms with Gasteiger partial charge in [0.15, 0.2) is 0 Å². The number of nitrogens with one attached hydrogen (secondary N) is 1. The van der Waals surface area contributed by atoms with Crippen LogP contribution in [0.3, 0.4) is 0 Å². The van der Waals surface area contributed by atoms with Gasteiger partial charge in [-0.25, -0.2) is 0 Å². The van der Waals surface area contributed by atoms with Crippen LogP contribution in [0, 0.1) is 10.1 Å². The third kappa shape index (κ3) is 4.55. The molecule has 6 nitrogen and oxygen atoms in total. The SMILES string of the molecule is CCNCCCc1nnc(-c2cc(Br)cc([N+](=O)[O-])c2)s1. The monoisotopic (exact) mass is 370 g/mol. The molecule has 21 heavy (non-hydrogen) atoms. The second-order valence-corrected chi connectivity index (χ2v) is 6.39. The summed E-state index contributed by atoms with van der Waals surface area (Å²) in [5.41, 5.74) is 0.759. The van der Waals surface area contributed by atoms with Gasteiger partial charge in [-0.3, -0.25) is 10.1 Å². The third-order valence-electron chi connectivity index (χ3n) is 2.80. The lowest BCUT2D eigenvalue weighted by atomic mass is 10.2. The molecule has 0 fully saturated rings. The molecule has 0 unspecified atom stereocenters. The first-order valence-electron chi connectivity index (χ1n) is 6.58. The Labute approximate surface area is 134 Å². The van der Waals surface area contributed by atoms with Gasteiger partial charge in [-0.15, -0.1) is 10.2 Å². The number of nitro benzene ring substituents is 1. The van der Waals surface area contributed by atoms with Crippen molar-refractivity contribution in [3.63, 3.8) is 0 Å². The molecule has 112 valence electrons. The lowest BCUT2D eigenvalue weighted by molar-refractivity contribution is -0.384. The number of aryl methyl sites for hydroxylation is 1. The zero-order valence-electron chi connectivity index (χ0n) is 11.5. The Hall–Kier alpha value is -1.38. The standard InChI is InChI=1S/C13H15BrN4O2S/c1-2-15-5-3-4-12-16-17-13(21-12)9-6-10(14)8-11(7-9)18(19)20/h6-8,15H,2-5H2,1H3. The van der Waals surface area contributed by atoms with E-state index in [1.54, 1.807) is 0 Å². The highest BCUT2D eigenvalue weighted by atomic mass is 79.9. The van der Waals surface area contributed by atoms with Crippen LogP contribution in [0.2, 0.25) is 0 Å². The van der Waals surface area contributed by atoms with Crippen LogP contribution in [0.25, 0.3) is 10.6 Å². The Kier molecular flexibility index (Phi) is 5.77. The summed E-state index contributed by atoms with van der Waals surface area (Å²) >= 11 is 4.77. The van der Waals surface area contributed by atoms with Gasteiger partial charge in [0, 0.05) is 28.6 Å². The number of nitro groups is 1. The van der Waals surface area contributed by atoms with Crippen LogP contribution in [0.4, 0.5) is 5.69 Å². The van der Waals surface area contributed by atoms with Crippen molar-refractivity contribution < 1.29 is 4.92 Å². The molecule has 1 aromatic heterocycles. The van der Waals surface area contributed by atoms with Gasteiger partial charge < -0.3 is 5.32 Å². The summed E-state index contributed by atoms with van der Waals surface area (Å²) in [5, 5.41) is 24.1. The first kappa shape index (κ1) is 16.0. The molecule has 2 rings (SSSR count). The lowest BCUT2D eigenvalue weighted by Crippen LogP contribution is -2.14. The Morgan fingerprint density at radius 2 is 2.19 bits per heavy atom. The van der Waals surface area contributed by atoms with Gasteiger partial charge >= 0.3 is 0 Å². The quantitative estimate of drug-likeness (QED) is 0.458. The summed E-state index contributed by atoms with van der Waals surface area (Å²) in [6.45, 7) is 3.99. The maximum absolute atomic E-state index is 10.9. The molecular formula is C13H15BrN4O2S. The number of nitrogens with zero attached hydrogens (tertiary/aromatic N) is 3. The third-order valence-corrected chi connectivity index (χ3v) is 4.29. The summed E-state index contributed by atoms with van der Waals surface area (Å²) < 4.78 is 0.663. The van der Waals surface area contributed by atoms with E-state index in [1.165, 1.54) is 23.5 Å². The van der Waals surface area contributed by atoms with Gasteiger partial charge in [0.1, 0.15) is 10.0 Å². The Morgan fingerprint density at radius 3 is 2.90 bits per heavy atom. The number of aromatic nitrogens is 2. The van der Waals surface area contributed by atoms with Crippen LogP contribution in [0.15, 0.2) is 22.7 Å². The van der Waals surface area contributed by atoms with Crippen molar-refractivity contribution >= 4 is 33.0 Å². The number of hydrogen-bond acceptors (Lipinski definition) is 6. The van der Waals surface area contributed by atoms with E-state index in [2.05, 4.69) is 38.4 Å². The van der Waals surface area contributed by atoms with E-state index in [1.807, 2.05) is 6.07 Å². The zero-order valence-corrected chi connectivity index (χ0v) is 13.9. The van der Waals surface area contributed by atoms with Gasteiger partial charge in [0.05, 0.1) is 4.92 Å². The second kappa shape index (κ2) is 7.58. The van der Waals surface area contributed by atoms with Crippen molar-refractivity contribution in [3.8, 4) is 10.6 Å². The van der Waals surface area contributed by atoms with Crippen LogP contribution < -0.4 is 5.32 Å². The van der Waals surface area contributed by atoms with Crippen LogP contribution in [0.1, 0.15) is 18.4 Å². The van der Waals surface area contributed by atoms with Crippen LogP contribution in [-0.2, 0) is 6.42 Å². The smallest absolute Gasteiger partial charge is 0.271 e. The molecule has 0 aliphatic heterocycles. The van der Waals surface area contributed by atoms with Crippen molar-refractivity contribution in [2.45, 2.75) is 19.8 Å². The van der Waals surface area contributed by atoms with Crippen LogP contribution in [-0.4, -0.2) is 28.2 Å².